The maximum absolute atomic E-state index is 12.2. The van der Waals surface area contributed by atoms with E-state index in [9.17, 15) is 9.59 Å². The van der Waals surface area contributed by atoms with Crippen molar-refractivity contribution in [2.24, 2.45) is 5.92 Å². The summed E-state index contributed by atoms with van der Waals surface area (Å²) in [7, 11) is 0. The van der Waals surface area contributed by atoms with E-state index >= 15 is 0 Å². The Kier molecular flexibility index (Phi) is 4.43. The Morgan fingerprint density at radius 3 is 3.00 bits per heavy atom. The minimum Gasteiger partial charge on any atom is -0.466 e. The molecule has 2 rings (SSSR count). The molecule has 1 aliphatic rings. The molecule has 1 saturated heterocycles. The maximum Gasteiger partial charge on any atom is 0.310 e. The lowest BCUT2D eigenvalue weighted by atomic mass is 9.97. The minimum absolute atomic E-state index is 0.108. The molecule has 0 unspecified atom stereocenters. The molecule has 6 nitrogen and oxygen atoms in total. The van der Waals surface area contributed by atoms with E-state index < -0.39 is 0 Å². The van der Waals surface area contributed by atoms with Gasteiger partial charge in [0.15, 0.2) is 0 Å². The van der Waals surface area contributed by atoms with E-state index in [1.165, 1.54) is 12.4 Å². The van der Waals surface area contributed by atoms with Gasteiger partial charge in [0.1, 0.15) is 0 Å². The number of likely N-dealkylation sites (tertiary alicyclic amines) is 1. The summed E-state index contributed by atoms with van der Waals surface area (Å²) < 4.78 is 5.02. The summed E-state index contributed by atoms with van der Waals surface area (Å²) in [6.45, 7) is 3.24. The smallest absolute Gasteiger partial charge is 0.310 e. The van der Waals surface area contributed by atoms with E-state index in [4.69, 9.17) is 4.74 Å². The van der Waals surface area contributed by atoms with Crippen molar-refractivity contribution in [3.05, 3.63) is 24.0 Å². The van der Waals surface area contributed by atoms with Gasteiger partial charge in [0.05, 0.1) is 30.5 Å². The van der Waals surface area contributed by atoms with Crippen LogP contribution < -0.4 is 0 Å². The summed E-state index contributed by atoms with van der Waals surface area (Å²) >= 11 is 0. The highest BCUT2D eigenvalue weighted by Gasteiger charge is 2.29. The molecule has 0 spiro atoms. The molecule has 1 amide bonds. The Morgan fingerprint density at radius 2 is 2.32 bits per heavy atom. The second-order valence-corrected chi connectivity index (χ2v) is 4.47. The molecule has 0 bridgehead atoms. The molecule has 0 N–H and O–H groups in total. The van der Waals surface area contributed by atoms with Gasteiger partial charge in [-0.2, -0.15) is 10.2 Å². The van der Waals surface area contributed by atoms with Crippen molar-refractivity contribution < 1.29 is 14.3 Å². The van der Waals surface area contributed by atoms with Gasteiger partial charge in [-0.25, -0.2) is 0 Å². The Balaban J connectivity index is 2.01. The van der Waals surface area contributed by atoms with Gasteiger partial charge >= 0.3 is 5.97 Å². The first kappa shape index (κ1) is 13.5. The Bertz CT molecular complexity index is 450. The Morgan fingerprint density at radius 1 is 1.47 bits per heavy atom. The molecule has 0 aromatic carbocycles. The highest BCUT2D eigenvalue weighted by Crippen LogP contribution is 2.19. The zero-order valence-corrected chi connectivity index (χ0v) is 10.9. The first-order valence-electron chi connectivity index (χ1n) is 6.45. The van der Waals surface area contributed by atoms with Crippen LogP contribution in [-0.4, -0.2) is 46.7 Å². The highest BCUT2D eigenvalue weighted by atomic mass is 16.5. The molecular formula is C13H17N3O3. The van der Waals surface area contributed by atoms with Gasteiger partial charge in [-0.05, 0) is 25.8 Å². The van der Waals surface area contributed by atoms with Crippen LogP contribution in [0, 0.1) is 5.92 Å². The number of carbonyl (C=O) groups is 2. The monoisotopic (exact) mass is 263 g/mol. The highest BCUT2D eigenvalue weighted by molar-refractivity contribution is 5.94. The average Bonchev–Trinajstić information content (AvgIpc) is 2.48. The number of rotatable bonds is 3. The number of carbonyl (C=O) groups excluding carboxylic acids is 2. The van der Waals surface area contributed by atoms with Crippen LogP contribution in [0.1, 0.15) is 30.1 Å². The molecule has 6 heteroatoms. The molecule has 0 saturated carbocycles. The lowest BCUT2D eigenvalue weighted by Gasteiger charge is -2.31. The third-order valence-electron chi connectivity index (χ3n) is 3.16. The minimum atomic E-state index is -0.215. The van der Waals surface area contributed by atoms with Crippen LogP contribution in [0.5, 0.6) is 0 Å². The fourth-order valence-electron chi connectivity index (χ4n) is 2.21. The van der Waals surface area contributed by atoms with Gasteiger partial charge in [-0.15, -0.1) is 0 Å². The molecule has 19 heavy (non-hydrogen) atoms. The van der Waals surface area contributed by atoms with Crippen LogP contribution in [0.25, 0.3) is 0 Å². The van der Waals surface area contributed by atoms with E-state index in [0.717, 1.165) is 12.8 Å². The van der Waals surface area contributed by atoms with Crippen molar-refractivity contribution in [1.82, 2.24) is 15.1 Å². The van der Waals surface area contributed by atoms with Crippen molar-refractivity contribution >= 4 is 11.9 Å². The summed E-state index contributed by atoms with van der Waals surface area (Å²) in [4.78, 5) is 25.6. The van der Waals surface area contributed by atoms with Crippen LogP contribution >= 0.6 is 0 Å². The third-order valence-corrected chi connectivity index (χ3v) is 3.16. The summed E-state index contributed by atoms with van der Waals surface area (Å²) in [5, 5.41) is 7.34. The topological polar surface area (TPSA) is 72.4 Å². The second-order valence-electron chi connectivity index (χ2n) is 4.47. The molecule has 1 fully saturated rings. The van der Waals surface area contributed by atoms with E-state index in [1.54, 1.807) is 17.9 Å². The second kappa shape index (κ2) is 6.26. The Hall–Kier alpha value is -1.98. The molecule has 102 valence electrons. The summed E-state index contributed by atoms with van der Waals surface area (Å²) in [5.41, 5.74) is 0.500. The zero-order valence-electron chi connectivity index (χ0n) is 10.9. The summed E-state index contributed by atoms with van der Waals surface area (Å²) in [5.74, 6) is -0.538. The standard InChI is InChI=1S/C13H17N3O3/c1-2-19-13(18)11-4-3-7-16(9-11)12(17)10-5-6-14-15-8-10/h5-6,8,11H,2-4,7,9H2,1H3/t11-/m1/s1. The van der Waals surface area contributed by atoms with Crippen LogP contribution in [0.3, 0.4) is 0 Å². The van der Waals surface area contributed by atoms with Gasteiger partial charge in [-0.3, -0.25) is 9.59 Å². The molecule has 1 aliphatic heterocycles. The first-order chi connectivity index (χ1) is 9.22. The van der Waals surface area contributed by atoms with Gasteiger partial charge in [0.25, 0.3) is 5.91 Å². The number of esters is 1. The fraction of sp³-hybridized carbons (Fsp3) is 0.538. The van der Waals surface area contributed by atoms with Gasteiger partial charge in [0, 0.05) is 13.1 Å². The van der Waals surface area contributed by atoms with E-state index in [-0.39, 0.29) is 17.8 Å². The predicted molar refractivity (Wildman–Crippen MR) is 67.3 cm³/mol. The van der Waals surface area contributed by atoms with Crippen molar-refractivity contribution in [2.75, 3.05) is 19.7 Å². The number of amides is 1. The summed E-state index contributed by atoms with van der Waals surface area (Å²) in [6.07, 6.45) is 4.52. The lowest BCUT2D eigenvalue weighted by molar-refractivity contribution is -0.149. The number of ether oxygens (including phenoxy) is 1. The van der Waals surface area contributed by atoms with Crippen molar-refractivity contribution in [3.8, 4) is 0 Å². The van der Waals surface area contributed by atoms with Crippen LogP contribution in [-0.2, 0) is 9.53 Å². The molecule has 0 radical (unpaired) electrons. The zero-order chi connectivity index (χ0) is 13.7. The number of piperidine rings is 1. The third kappa shape index (κ3) is 3.27. The lowest BCUT2D eigenvalue weighted by Crippen LogP contribution is -2.42. The first-order valence-corrected chi connectivity index (χ1v) is 6.45. The molecular weight excluding hydrogens is 246 g/mol. The van der Waals surface area contributed by atoms with E-state index in [1.807, 2.05) is 0 Å². The van der Waals surface area contributed by atoms with Crippen LogP contribution in [0.15, 0.2) is 18.5 Å². The molecule has 1 atom stereocenters. The Labute approximate surface area is 111 Å². The average molecular weight is 263 g/mol. The quantitative estimate of drug-likeness (QED) is 0.757. The SMILES string of the molecule is CCOC(=O)[C@@H]1CCCN(C(=O)c2ccnnc2)C1. The van der Waals surface area contributed by atoms with Gasteiger partial charge in [-0.1, -0.05) is 0 Å². The van der Waals surface area contributed by atoms with Crippen LogP contribution in [0.4, 0.5) is 0 Å². The van der Waals surface area contributed by atoms with Gasteiger partial charge < -0.3 is 9.64 Å². The molecule has 1 aromatic rings. The fourth-order valence-corrected chi connectivity index (χ4v) is 2.21. The summed E-state index contributed by atoms with van der Waals surface area (Å²) in [6, 6.07) is 1.63. The van der Waals surface area contributed by atoms with Crippen molar-refractivity contribution in [1.29, 1.82) is 0 Å². The van der Waals surface area contributed by atoms with E-state index in [2.05, 4.69) is 10.2 Å². The number of hydrogen-bond donors (Lipinski definition) is 0. The maximum atomic E-state index is 12.2. The van der Waals surface area contributed by atoms with E-state index in [0.29, 0.717) is 25.3 Å². The van der Waals surface area contributed by atoms with Crippen LogP contribution in [0.2, 0.25) is 0 Å². The molecule has 0 aliphatic carbocycles. The predicted octanol–water partition coefficient (Wildman–Crippen LogP) is 0.892. The largest absolute Gasteiger partial charge is 0.466 e. The normalized spacial score (nSPS) is 19.0. The van der Waals surface area contributed by atoms with Crippen molar-refractivity contribution in [3.63, 3.8) is 0 Å². The van der Waals surface area contributed by atoms with Crippen molar-refractivity contribution in [2.45, 2.75) is 19.8 Å². The van der Waals surface area contributed by atoms with Gasteiger partial charge in [0.2, 0.25) is 0 Å². The molecule has 1 aromatic heterocycles. The molecule has 2 heterocycles. The number of hydrogen-bond acceptors (Lipinski definition) is 5. The number of nitrogens with zero attached hydrogens (tertiary/aromatic N) is 3. The number of aromatic nitrogens is 2.